The first kappa shape index (κ1) is 31.7. The molecule has 1 N–H and O–H groups in total. The lowest BCUT2D eigenvalue weighted by Crippen LogP contribution is -2.52. The number of benzene rings is 3. The molecule has 220 valence electrons. The zero-order valence-corrected chi connectivity index (χ0v) is 25.4. The van der Waals surface area contributed by atoms with Crippen LogP contribution >= 0.6 is 0 Å². The van der Waals surface area contributed by atoms with E-state index in [0.29, 0.717) is 31.0 Å². The van der Waals surface area contributed by atoms with Gasteiger partial charge >= 0.3 is 0 Å². The fourth-order valence-corrected chi connectivity index (χ4v) is 5.87. The summed E-state index contributed by atoms with van der Waals surface area (Å²) in [5.74, 6) is 0.0895. The van der Waals surface area contributed by atoms with E-state index in [0.717, 1.165) is 15.4 Å². The Bertz CT molecular complexity index is 1390. The van der Waals surface area contributed by atoms with Crippen LogP contribution < -0.4 is 14.4 Å². The number of sulfonamides is 1. The molecule has 0 fully saturated rings. The third-order valence-electron chi connectivity index (χ3n) is 6.72. The van der Waals surface area contributed by atoms with Gasteiger partial charge in [-0.1, -0.05) is 63.2 Å². The summed E-state index contributed by atoms with van der Waals surface area (Å²) in [6, 6.07) is 21.5. The summed E-state index contributed by atoms with van der Waals surface area (Å²) in [4.78, 5) is 29.0. The second kappa shape index (κ2) is 14.7. The molecule has 8 nitrogen and oxygen atoms in total. The van der Waals surface area contributed by atoms with Gasteiger partial charge in [-0.05, 0) is 73.7 Å². The SMILES string of the molecule is CCOc1ccc(N(CC(=O)N(Cc2ccccc2C)C(CC)C(=O)NCC(C)C)S(=O)(=O)c2ccccc2)cc1. The van der Waals surface area contributed by atoms with Crippen LogP contribution in [0, 0.1) is 12.8 Å². The van der Waals surface area contributed by atoms with E-state index in [9.17, 15) is 18.0 Å². The van der Waals surface area contributed by atoms with Crippen LogP contribution in [0.15, 0.2) is 83.8 Å². The van der Waals surface area contributed by atoms with Crippen molar-refractivity contribution in [1.82, 2.24) is 10.2 Å². The first-order valence-electron chi connectivity index (χ1n) is 14.0. The van der Waals surface area contributed by atoms with Gasteiger partial charge in [0.25, 0.3) is 10.0 Å². The highest BCUT2D eigenvalue weighted by molar-refractivity contribution is 7.92. The Labute approximate surface area is 244 Å². The summed E-state index contributed by atoms with van der Waals surface area (Å²) in [7, 11) is -4.12. The molecule has 0 bridgehead atoms. The van der Waals surface area contributed by atoms with Gasteiger partial charge in [-0.15, -0.1) is 0 Å². The first-order valence-corrected chi connectivity index (χ1v) is 15.4. The molecular weight excluding hydrogens is 538 g/mol. The Hall–Kier alpha value is -3.85. The van der Waals surface area contributed by atoms with E-state index in [1.54, 1.807) is 42.5 Å². The molecule has 41 heavy (non-hydrogen) atoms. The van der Waals surface area contributed by atoms with Crippen molar-refractivity contribution in [3.8, 4) is 5.75 Å². The van der Waals surface area contributed by atoms with Gasteiger partial charge in [0.1, 0.15) is 18.3 Å². The van der Waals surface area contributed by atoms with Crippen molar-refractivity contribution in [2.45, 2.75) is 58.5 Å². The fourth-order valence-electron chi connectivity index (χ4n) is 4.44. The summed E-state index contributed by atoms with van der Waals surface area (Å²) in [6.45, 7) is 10.3. The van der Waals surface area contributed by atoms with Crippen molar-refractivity contribution in [1.29, 1.82) is 0 Å². The van der Waals surface area contributed by atoms with E-state index in [1.807, 2.05) is 58.9 Å². The molecule has 0 aromatic heterocycles. The van der Waals surface area contributed by atoms with Crippen molar-refractivity contribution in [3.05, 3.63) is 90.0 Å². The number of rotatable bonds is 14. The van der Waals surface area contributed by atoms with E-state index in [2.05, 4.69) is 5.32 Å². The van der Waals surface area contributed by atoms with Gasteiger partial charge in [0.15, 0.2) is 0 Å². The van der Waals surface area contributed by atoms with Crippen LogP contribution in [-0.2, 0) is 26.2 Å². The maximum absolute atomic E-state index is 14.1. The van der Waals surface area contributed by atoms with Crippen LogP contribution in [0.5, 0.6) is 5.75 Å². The number of nitrogens with zero attached hydrogens (tertiary/aromatic N) is 2. The molecule has 0 heterocycles. The highest BCUT2D eigenvalue weighted by Crippen LogP contribution is 2.27. The number of hydrogen-bond donors (Lipinski definition) is 1. The summed E-state index contributed by atoms with van der Waals surface area (Å²) < 4.78 is 34.5. The van der Waals surface area contributed by atoms with Gasteiger partial charge in [-0.25, -0.2) is 8.42 Å². The first-order chi connectivity index (χ1) is 19.6. The van der Waals surface area contributed by atoms with Gasteiger partial charge < -0.3 is 15.0 Å². The molecule has 0 saturated carbocycles. The van der Waals surface area contributed by atoms with Crippen molar-refractivity contribution in [2.24, 2.45) is 5.92 Å². The maximum Gasteiger partial charge on any atom is 0.264 e. The van der Waals surface area contributed by atoms with Gasteiger partial charge in [-0.2, -0.15) is 0 Å². The third kappa shape index (κ3) is 8.33. The molecule has 3 rings (SSSR count). The number of aryl methyl sites for hydroxylation is 1. The van der Waals surface area contributed by atoms with Crippen LogP contribution in [0.1, 0.15) is 45.2 Å². The van der Waals surface area contributed by atoms with Crippen molar-refractivity contribution >= 4 is 27.5 Å². The van der Waals surface area contributed by atoms with Crippen molar-refractivity contribution in [3.63, 3.8) is 0 Å². The highest BCUT2D eigenvalue weighted by atomic mass is 32.2. The van der Waals surface area contributed by atoms with Gasteiger partial charge in [0.05, 0.1) is 17.2 Å². The molecule has 3 aromatic carbocycles. The Morgan fingerprint density at radius 3 is 2.12 bits per heavy atom. The Kier molecular flexibility index (Phi) is 11.3. The number of carbonyl (C=O) groups is 2. The third-order valence-corrected chi connectivity index (χ3v) is 8.51. The monoisotopic (exact) mass is 579 g/mol. The Morgan fingerprint density at radius 2 is 1.54 bits per heavy atom. The van der Waals surface area contributed by atoms with E-state index in [4.69, 9.17) is 4.74 Å². The zero-order valence-electron chi connectivity index (χ0n) is 24.5. The smallest absolute Gasteiger partial charge is 0.264 e. The summed E-state index contributed by atoms with van der Waals surface area (Å²) in [6.07, 6.45) is 0.371. The van der Waals surface area contributed by atoms with Gasteiger partial charge in [0, 0.05) is 13.1 Å². The number of anilines is 1. The minimum absolute atomic E-state index is 0.0638. The van der Waals surface area contributed by atoms with E-state index < -0.39 is 28.5 Å². The molecule has 0 aliphatic carbocycles. The maximum atomic E-state index is 14.1. The summed E-state index contributed by atoms with van der Waals surface area (Å²) in [5, 5.41) is 2.95. The van der Waals surface area contributed by atoms with E-state index in [1.165, 1.54) is 17.0 Å². The summed E-state index contributed by atoms with van der Waals surface area (Å²) in [5.41, 5.74) is 2.18. The molecular formula is C32H41N3O5S. The molecule has 0 spiro atoms. The molecule has 0 aliphatic rings. The number of hydrogen-bond acceptors (Lipinski definition) is 5. The van der Waals surface area contributed by atoms with Gasteiger partial charge in [0.2, 0.25) is 11.8 Å². The molecule has 0 aliphatic heterocycles. The lowest BCUT2D eigenvalue weighted by atomic mass is 10.1. The Balaban J connectivity index is 2.04. The standard InChI is InChI=1S/C32H41N3O5S/c1-6-30(32(37)33-21-24(3)4)34(22-26-14-12-11-13-25(26)5)31(36)23-35(27-17-19-28(20-18-27)40-7-2)41(38,39)29-15-9-8-10-16-29/h8-20,24,30H,6-7,21-23H2,1-5H3,(H,33,37). The number of amides is 2. The predicted molar refractivity (Wildman–Crippen MR) is 162 cm³/mol. The second-order valence-electron chi connectivity index (χ2n) is 10.3. The van der Waals surface area contributed by atoms with Crippen molar-refractivity contribution in [2.75, 3.05) is 24.0 Å². The van der Waals surface area contributed by atoms with Crippen LogP contribution in [-0.4, -0.2) is 50.9 Å². The normalized spacial score (nSPS) is 12.0. The number of ether oxygens (including phenoxy) is 1. The zero-order chi connectivity index (χ0) is 30.0. The molecule has 9 heteroatoms. The predicted octanol–water partition coefficient (Wildman–Crippen LogP) is 5.17. The largest absolute Gasteiger partial charge is 0.494 e. The van der Waals surface area contributed by atoms with Crippen LogP contribution in [0.3, 0.4) is 0 Å². The molecule has 0 radical (unpaired) electrons. The lowest BCUT2D eigenvalue weighted by molar-refractivity contribution is -0.140. The fraction of sp³-hybridized carbons (Fsp3) is 0.375. The molecule has 3 aromatic rings. The molecule has 1 atom stereocenters. The van der Waals surface area contributed by atoms with Gasteiger partial charge in [-0.3, -0.25) is 13.9 Å². The topological polar surface area (TPSA) is 96.0 Å². The average Bonchev–Trinajstić information content (AvgIpc) is 2.96. The van der Waals surface area contributed by atoms with Crippen LogP contribution in [0.2, 0.25) is 0 Å². The number of nitrogens with one attached hydrogen (secondary N) is 1. The molecule has 1 unspecified atom stereocenters. The molecule has 2 amide bonds. The van der Waals surface area contributed by atoms with Crippen LogP contribution in [0.25, 0.3) is 0 Å². The molecule has 0 saturated heterocycles. The lowest BCUT2D eigenvalue weighted by Gasteiger charge is -2.33. The quantitative estimate of drug-likeness (QED) is 0.284. The van der Waals surface area contributed by atoms with Crippen molar-refractivity contribution < 1.29 is 22.7 Å². The Morgan fingerprint density at radius 1 is 0.902 bits per heavy atom. The summed E-state index contributed by atoms with van der Waals surface area (Å²) >= 11 is 0. The van der Waals surface area contributed by atoms with Crippen LogP contribution in [0.4, 0.5) is 5.69 Å². The minimum atomic E-state index is -4.12. The second-order valence-corrected chi connectivity index (χ2v) is 12.1. The minimum Gasteiger partial charge on any atom is -0.494 e. The highest BCUT2D eigenvalue weighted by Gasteiger charge is 2.33. The van der Waals surface area contributed by atoms with E-state index >= 15 is 0 Å². The van der Waals surface area contributed by atoms with E-state index in [-0.39, 0.29) is 23.3 Å². The average molecular weight is 580 g/mol. The number of carbonyl (C=O) groups excluding carboxylic acids is 2.